The van der Waals surface area contributed by atoms with Crippen molar-refractivity contribution in [2.45, 2.75) is 32.9 Å². The number of nitrogens with one attached hydrogen (secondary N) is 1. The van der Waals surface area contributed by atoms with Crippen LogP contribution in [0.15, 0.2) is 18.2 Å². The third kappa shape index (κ3) is 5.25. The van der Waals surface area contributed by atoms with E-state index in [4.69, 9.17) is 5.11 Å². The van der Waals surface area contributed by atoms with Crippen molar-refractivity contribution in [2.75, 3.05) is 17.7 Å². The number of benzene rings is 1. The summed E-state index contributed by atoms with van der Waals surface area (Å²) in [5.41, 5.74) is 3.24. The molecule has 1 aromatic rings. The van der Waals surface area contributed by atoms with Crippen molar-refractivity contribution >= 4 is 23.4 Å². The Morgan fingerprint density at radius 2 is 2.00 bits per heavy atom. The molecule has 1 amide bonds. The number of carbonyl (C=O) groups excluding carboxylic acids is 1. The average Bonchev–Trinajstić information content (AvgIpc) is 2.39. The van der Waals surface area contributed by atoms with Crippen molar-refractivity contribution < 1.29 is 9.90 Å². The molecule has 0 aliphatic carbocycles. The highest BCUT2D eigenvalue weighted by atomic mass is 32.2. The smallest absolute Gasteiger partial charge is 0.237 e. The number of aliphatic hydroxyl groups excluding tert-OH is 1. The number of hydrogen-bond donors (Lipinski definition) is 2. The standard InChI is InChI=1S/C15H23NO2S/c1-10(8-17)9-19-13(4)15(18)16-14-6-5-11(2)12(3)7-14/h5-7,10,13,17H,8-9H2,1-4H3,(H,16,18). The first-order valence-electron chi connectivity index (χ1n) is 6.54. The fraction of sp³-hybridized carbons (Fsp3) is 0.533. The van der Waals surface area contributed by atoms with E-state index in [0.717, 1.165) is 11.4 Å². The van der Waals surface area contributed by atoms with Gasteiger partial charge in [0, 0.05) is 12.3 Å². The van der Waals surface area contributed by atoms with Gasteiger partial charge in [-0.1, -0.05) is 13.0 Å². The molecule has 4 heteroatoms. The summed E-state index contributed by atoms with van der Waals surface area (Å²) in [4.78, 5) is 12.0. The number of amides is 1. The molecule has 2 atom stereocenters. The van der Waals surface area contributed by atoms with Crippen LogP contribution in [0.5, 0.6) is 0 Å². The lowest BCUT2D eigenvalue weighted by molar-refractivity contribution is -0.115. The van der Waals surface area contributed by atoms with Gasteiger partial charge in [0.25, 0.3) is 0 Å². The molecule has 0 aromatic heterocycles. The molecule has 0 saturated heterocycles. The zero-order chi connectivity index (χ0) is 14.4. The summed E-state index contributed by atoms with van der Waals surface area (Å²) in [6.45, 7) is 8.12. The molecule has 0 spiro atoms. The van der Waals surface area contributed by atoms with Crippen molar-refractivity contribution in [1.29, 1.82) is 0 Å². The second kappa shape index (κ2) is 7.56. The summed E-state index contributed by atoms with van der Waals surface area (Å²) in [7, 11) is 0. The molecule has 1 rings (SSSR count). The molecule has 2 N–H and O–H groups in total. The molecule has 0 fully saturated rings. The van der Waals surface area contributed by atoms with Gasteiger partial charge < -0.3 is 10.4 Å². The maximum Gasteiger partial charge on any atom is 0.237 e. The van der Waals surface area contributed by atoms with Crippen molar-refractivity contribution in [3.8, 4) is 0 Å². The number of rotatable bonds is 6. The summed E-state index contributed by atoms with van der Waals surface area (Å²) in [5.74, 6) is 1.03. The minimum Gasteiger partial charge on any atom is -0.396 e. The third-order valence-corrected chi connectivity index (χ3v) is 4.56. The van der Waals surface area contributed by atoms with Crippen molar-refractivity contribution in [2.24, 2.45) is 5.92 Å². The Balaban J connectivity index is 2.51. The van der Waals surface area contributed by atoms with Gasteiger partial charge in [0.15, 0.2) is 0 Å². The molecular formula is C15H23NO2S. The lowest BCUT2D eigenvalue weighted by atomic mass is 10.1. The maximum atomic E-state index is 12.0. The number of aliphatic hydroxyl groups is 1. The highest BCUT2D eigenvalue weighted by molar-refractivity contribution is 8.00. The minimum absolute atomic E-state index is 0.0124. The normalized spacial score (nSPS) is 13.9. The number of aryl methyl sites for hydroxylation is 2. The Hall–Kier alpha value is -1.00. The van der Waals surface area contributed by atoms with Gasteiger partial charge in [0.05, 0.1) is 5.25 Å². The van der Waals surface area contributed by atoms with Gasteiger partial charge in [-0.3, -0.25) is 4.79 Å². The second-order valence-electron chi connectivity index (χ2n) is 5.05. The van der Waals surface area contributed by atoms with Gasteiger partial charge in [0.1, 0.15) is 0 Å². The van der Waals surface area contributed by atoms with Crippen LogP contribution >= 0.6 is 11.8 Å². The Kier molecular flexibility index (Phi) is 6.38. The Morgan fingerprint density at radius 1 is 1.32 bits per heavy atom. The summed E-state index contributed by atoms with van der Waals surface area (Å²) in [6, 6.07) is 5.92. The Bertz CT molecular complexity index is 434. The molecule has 0 heterocycles. The van der Waals surface area contributed by atoms with Crippen LogP contribution in [0.1, 0.15) is 25.0 Å². The Morgan fingerprint density at radius 3 is 2.58 bits per heavy atom. The minimum atomic E-state index is -0.115. The molecule has 0 aliphatic heterocycles. The third-order valence-electron chi connectivity index (χ3n) is 3.09. The Labute approximate surface area is 119 Å². The highest BCUT2D eigenvalue weighted by Crippen LogP contribution is 2.18. The van der Waals surface area contributed by atoms with Gasteiger partial charge in [-0.2, -0.15) is 0 Å². The first-order chi connectivity index (χ1) is 8.93. The van der Waals surface area contributed by atoms with E-state index in [9.17, 15) is 4.79 Å². The van der Waals surface area contributed by atoms with Crippen LogP contribution in [0.2, 0.25) is 0 Å². The lowest BCUT2D eigenvalue weighted by Crippen LogP contribution is -2.23. The zero-order valence-electron chi connectivity index (χ0n) is 12.1. The molecule has 2 unspecified atom stereocenters. The van der Waals surface area contributed by atoms with Crippen molar-refractivity contribution in [3.63, 3.8) is 0 Å². The van der Waals surface area contributed by atoms with E-state index in [2.05, 4.69) is 12.2 Å². The van der Waals surface area contributed by atoms with E-state index < -0.39 is 0 Å². The SMILES string of the molecule is Cc1ccc(NC(=O)C(C)SCC(C)CO)cc1C. The van der Waals surface area contributed by atoms with Crippen LogP contribution in [0.3, 0.4) is 0 Å². The number of hydrogen-bond acceptors (Lipinski definition) is 3. The molecule has 0 radical (unpaired) electrons. The van der Waals surface area contributed by atoms with E-state index in [0.29, 0.717) is 0 Å². The number of anilines is 1. The predicted octanol–water partition coefficient (Wildman–Crippen LogP) is 2.99. The quantitative estimate of drug-likeness (QED) is 0.843. The molecule has 106 valence electrons. The van der Waals surface area contributed by atoms with Crippen LogP contribution in [-0.2, 0) is 4.79 Å². The van der Waals surface area contributed by atoms with Gasteiger partial charge in [0.2, 0.25) is 5.91 Å². The van der Waals surface area contributed by atoms with Crippen LogP contribution in [0.25, 0.3) is 0 Å². The van der Waals surface area contributed by atoms with Crippen molar-refractivity contribution in [1.82, 2.24) is 0 Å². The van der Waals surface area contributed by atoms with Crippen molar-refractivity contribution in [3.05, 3.63) is 29.3 Å². The van der Waals surface area contributed by atoms with Crippen LogP contribution < -0.4 is 5.32 Å². The van der Waals surface area contributed by atoms with E-state index in [1.165, 1.54) is 11.1 Å². The van der Waals surface area contributed by atoms with E-state index in [1.54, 1.807) is 11.8 Å². The van der Waals surface area contributed by atoms with Crippen LogP contribution in [-0.4, -0.2) is 28.6 Å². The van der Waals surface area contributed by atoms with E-state index >= 15 is 0 Å². The monoisotopic (exact) mass is 281 g/mol. The fourth-order valence-electron chi connectivity index (χ4n) is 1.50. The van der Waals surface area contributed by atoms with Crippen LogP contribution in [0.4, 0.5) is 5.69 Å². The molecule has 0 bridgehead atoms. The van der Waals surface area contributed by atoms with Gasteiger partial charge in [-0.05, 0) is 55.7 Å². The lowest BCUT2D eigenvalue weighted by Gasteiger charge is -2.14. The highest BCUT2D eigenvalue weighted by Gasteiger charge is 2.15. The largest absolute Gasteiger partial charge is 0.396 e. The molecule has 3 nitrogen and oxygen atoms in total. The van der Waals surface area contributed by atoms with Gasteiger partial charge in [-0.15, -0.1) is 11.8 Å². The topological polar surface area (TPSA) is 49.3 Å². The maximum absolute atomic E-state index is 12.0. The zero-order valence-corrected chi connectivity index (χ0v) is 12.9. The van der Waals surface area contributed by atoms with E-state index in [-0.39, 0.29) is 23.7 Å². The number of thioether (sulfide) groups is 1. The molecule has 1 aromatic carbocycles. The average molecular weight is 281 g/mol. The molecule has 19 heavy (non-hydrogen) atoms. The molecule has 0 aliphatic rings. The number of carbonyl (C=O) groups is 1. The van der Waals surface area contributed by atoms with Crippen LogP contribution in [0, 0.1) is 19.8 Å². The van der Waals surface area contributed by atoms with E-state index in [1.807, 2.05) is 39.0 Å². The predicted molar refractivity (Wildman–Crippen MR) is 82.7 cm³/mol. The summed E-state index contributed by atoms with van der Waals surface area (Å²) in [5, 5.41) is 11.8. The molecular weight excluding hydrogens is 258 g/mol. The van der Waals surface area contributed by atoms with Gasteiger partial charge in [-0.25, -0.2) is 0 Å². The fourth-order valence-corrected chi connectivity index (χ4v) is 2.43. The summed E-state index contributed by atoms with van der Waals surface area (Å²) >= 11 is 1.57. The summed E-state index contributed by atoms with van der Waals surface area (Å²) < 4.78 is 0. The summed E-state index contributed by atoms with van der Waals surface area (Å²) in [6.07, 6.45) is 0. The first kappa shape index (κ1) is 16.1. The van der Waals surface area contributed by atoms with Gasteiger partial charge >= 0.3 is 0 Å². The molecule has 0 saturated carbocycles. The second-order valence-corrected chi connectivity index (χ2v) is 6.43. The first-order valence-corrected chi connectivity index (χ1v) is 7.59.